The second-order valence-corrected chi connectivity index (χ2v) is 9.64. The molecule has 4 aromatic rings. The summed E-state index contributed by atoms with van der Waals surface area (Å²) in [6.07, 6.45) is 8.13. The molecule has 1 atom stereocenters. The minimum absolute atomic E-state index is 0.0566. The van der Waals surface area contributed by atoms with Gasteiger partial charge in [0.1, 0.15) is 5.56 Å². The lowest BCUT2D eigenvalue weighted by atomic mass is 9.98. The third-order valence-corrected chi connectivity index (χ3v) is 7.23. The number of rotatable bonds is 5. The third kappa shape index (κ3) is 4.72. The van der Waals surface area contributed by atoms with E-state index in [0.29, 0.717) is 11.4 Å². The van der Waals surface area contributed by atoms with Gasteiger partial charge in [0.15, 0.2) is 4.77 Å². The van der Waals surface area contributed by atoms with Crippen LogP contribution < -0.4 is 5.56 Å². The van der Waals surface area contributed by atoms with E-state index in [4.69, 9.17) is 17.3 Å². The molecule has 5 rings (SSSR count). The van der Waals surface area contributed by atoms with Gasteiger partial charge in [-0.1, -0.05) is 42.5 Å². The normalized spacial score (nSPS) is 15.8. The highest BCUT2D eigenvalue weighted by atomic mass is 32.1. The average molecular weight is 512 g/mol. The molecular formula is C29H29N5O2S. The smallest absolute Gasteiger partial charge is 0.271 e. The van der Waals surface area contributed by atoms with E-state index in [1.807, 2.05) is 85.7 Å². The largest absolute Gasteiger partial charge is 0.494 e. The standard InChI is InChI=1S/C29H29N5O2S/c1-20-10-3-5-13-24(20)33-27(35)23(28(36)34(29(33)37)25-14-6-4-11-21(25)2)19-31-32-17-8-7-15-26(32)22-12-9-16-30-18-22/h3-6,9-14,16,18-19,26,35H,7-8,15,17H2,1-2H3/b31-19+. The van der Waals surface area contributed by atoms with Gasteiger partial charge in [-0.2, -0.15) is 5.10 Å². The minimum Gasteiger partial charge on any atom is -0.494 e. The molecule has 2 aromatic carbocycles. The lowest BCUT2D eigenvalue weighted by Gasteiger charge is -2.33. The topological polar surface area (TPSA) is 75.7 Å². The van der Waals surface area contributed by atoms with Crippen LogP contribution in [0.3, 0.4) is 0 Å². The number of hydrogen-bond acceptors (Lipinski definition) is 6. The van der Waals surface area contributed by atoms with Crippen molar-refractivity contribution in [3.63, 3.8) is 0 Å². The van der Waals surface area contributed by atoms with Gasteiger partial charge in [0, 0.05) is 18.9 Å². The summed E-state index contributed by atoms with van der Waals surface area (Å²) >= 11 is 5.81. The summed E-state index contributed by atoms with van der Waals surface area (Å²) in [6, 6.07) is 19.2. The van der Waals surface area contributed by atoms with E-state index in [1.165, 1.54) is 10.8 Å². The van der Waals surface area contributed by atoms with Gasteiger partial charge in [0.2, 0.25) is 5.88 Å². The van der Waals surface area contributed by atoms with Gasteiger partial charge in [-0.25, -0.2) is 0 Å². The molecule has 1 unspecified atom stereocenters. The first kappa shape index (κ1) is 24.6. The Morgan fingerprint density at radius 2 is 1.65 bits per heavy atom. The average Bonchev–Trinajstić information content (AvgIpc) is 2.91. The fourth-order valence-corrected chi connectivity index (χ4v) is 5.25. The number of hydrogen-bond donors (Lipinski definition) is 1. The van der Waals surface area contributed by atoms with Crippen LogP contribution in [0, 0.1) is 18.6 Å². The minimum atomic E-state index is -0.416. The molecule has 0 bridgehead atoms. The SMILES string of the molecule is Cc1ccccc1-n1c(O)c(/C=N/N2CCCCC2c2cccnc2)c(=O)n(-c2ccccc2C)c1=S. The quantitative estimate of drug-likeness (QED) is 0.277. The molecule has 8 heteroatoms. The Morgan fingerprint density at radius 1 is 0.973 bits per heavy atom. The van der Waals surface area contributed by atoms with Crippen molar-refractivity contribution >= 4 is 18.4 Å². The van der Waals surface area contributed by atoms with Crippen LogP contribution in [-0.2, 0) is 0 Å². The zero-order chi connectivity index (χ0) is 25.9. The van der Waals surface area contributed by atoms with E-state index in [2.05, 4.69) is 4.98 Å². The molecule has 0 saturated carbocycles. The summed E-state index contributed by atoms with van der Waals surface area (Å²) in [6.45, 7) is 4.63. The maximum Gasteiger partial charge on any atom is 0.271 e. The van der Waals surface area contributed by atoms with Crippen molar-refractivity contribution in [1.29, 1.82) is 0 Å². The lowest BCUT2D eigenvalue weighted by molar-refractivity contribution is 0.156. The first-order valence-corrected chi connectivity index (χ1v) is 12.8. The lowest BCUT2D eigenvalue weighted by Crippen LogP contribution is -2.31. The molecule has 0 spiro atoms. The van der Waals surface area contributed by atoms with Crippen LogP contribution in [0.15, 0.2) is 83.0 Å². The van der Waals surface area contributed by atoms with Crippen LogP contribution in [0.4, 0.5) is 0 Å². The van der Waals surface area contributed by atoms with E-state index in [0.717, 1.165) is 42.5 Å². The maximum absolute atomic E-state index is 13.9. The van der Waals surface area contributed by atoms with Crippen molar-refractivity contribution in [3.05, 3.63) is 110 Å². The summed E-state index contributed by atoms with van der Waals surface area (Å²) < 4.78 is 3.22. The molecule has 1 aliphatic heterocycles. The number of aromatic hydroxyl groups is 1. The van der Waals surface area contributed by atoms with Gasteiger partial charge in [-0.3, -0.25) is 23.9 Å². The molecule has 0 amide bonds. The molecule has 1 aliphatic rings. The second-order valence-electron chi connectivity index (χ2n) is 9.27. The van der Waals surface area contributed by atoms with Gasteiger partial charge in [-0.05, 0) is 80.2 Å². The van der Waals surface area contributed by atoms with E-state index in [1.54, 1.807) is 10.8 Å². The number of piperidine rings is 1. The fraction of sp³-hybridized carbons (Fsp3) is 0.241. The Hall–Kier alpha value is -4.04. The number of para-hydroxylation sites is 2. The van der Waals surface area contributed by atoms with Crippen LogP contribution in [0.1, 0.15) is 47.6 Å². The highest BCUT2D eigenvalue weighted by molar-refractivity contribution is 7.71. The third-order valence-electron chi connectivity index (χ3n) is 6.86. The molecule has 37 heavy (non-hydrogen) atoms. The van der Waals surface area contributed by atoms with Crippen molar-refractivity contribution in [1.82, 2.24) is 19.1 Å². The number of benzene rings is 2. The van der Waals surface area contributed by atoms with Crippen LogP contribution >= 0.6 is 12.2 Å². The Morgan fingerprint density at radius 3 is 2.30 bits per heavy atom. The zero-order valence-electron chi connectivity index (χ0n) is 20.9. The van der Waals surface area contributed by atoms with Crippen molar-refractivity contribution in [2.45, 2.75) is 39.2 Å². The Kier molecular flexibility index (Phi) is 7.01. The molecule has 0 radical (unpaired) electrons. The molecule has 1 saturated heterocycles. The molecule has 2 aromatic heterocycles. The molecule has 188 valence electrons. The molecule has 0 aliphatic carbocycles. The first-order chi connectivity index (χ1) is 18.0. The van der Waals surface area contributed by atoms with Crippen LogP contribution in [0.2, 0.25) is 0 Å². The number of hydrazone groups is 1. The highest BCUT2D eigenvalue weighted by Crippen LogP contribution is 2.31. The van der Waals surface area contributed by atoms with Gasteiger partial charge >= 0.3 is 0 Å². The number of aryl methyl sites for hydroxylation is 2. The first-order valence-electron chi connectivity index (χ1n) is 12.4. The van der Waals surface area contributed by atoms with Crippen LogP contribution in [0.25, 0.3) is 11.4 Å². The predicted octanol–water partition coefficient (Wildman–Crippen LogP) is 5.64. The summed E-state index contributed by atoms with van der Waals surface area (Å²) in [5.74, 6) is -0.229. The van der Waals surface area contributed by atoms with E-state index in [-0.39, 0.29) is 22.3 Å². The van der Waals surface area contributed by atoms with E-state index < -0.39 is 5.56 Å². The number of nitrogens with zero attached hydrogens (tertiary/aromatic N) is 5. The monoisotopic (exact) mass is 511 g/mol. The van der Waals surface area contributed by atoms with Crippen LogP contribution in [0.5, 0.6) is 5.88 Å². The summed E-state index contributed by atoms with van der Waals surface area (Å²) in [5, 5.41) is 18.2. The molecule has 3 heterocycles. The van der Waals surface area contributed by atoms with Gasteiger partial charge < -0.3 is 5.11 Å². The van der Waals surface area contributed by atoms with Gasteiger partial charge in [0.25, 0.3) is 5.56 Å². The molecule has 1 N–H and O–H groups in total. The highest BCUT2D eigenvalue weighted by Gasteiger charge is 2.24. The van der Waals surface area contributed by atoms with E-state index >= 15 is 0 Å². The Bertz CT molecular complexity index is 1580. The zero-order valence-corrected chi connectivity index (χ0v) is 21.7. The molecule has 7 nitrogen and oxygen atoms in total. The van der Waals surface area contributed by atoms with Crippen molar-refractivity contribution in [2.24, 2.45) is 5.10 Å². The molecule has 1 fully saturated rings. The van der Waals surface area contributed by atoms with Gasteiger partial charge in [-0.15, -0.1) is 0 Å². The second kappa shape index (κ2) is 10.5. The predicted molar refractivity (Wildman–Crippen MR) is 148 cm³/mol. The molecular weight excluding hydrogens is 482 g/mol. The summed E-state index contributed by atoms with van der Waals surface area (Å²) in [5.41, 5.74) is 3.93. The number of pyridine rings is 1. The van der Waals surface area contributed by atoms with E-state index in [9.17, 15) is 9.90 Å². The van der Waals surface area contributed by atoms with Crippen molar-refractivity contribution < 1.29 is 5.11 Å². The fourth-order valence-electron chi connectivity index (χ4n) is 4.88. The maximum atomic E-state index is 13.9. The number of aromatic nitrogens is 3. The van der Waals surface area contributed by atoms with Crippen molar-refractivity contribution in [2.75, 3.05) is 6.54 Å². The van der Waals surface area contributed by atoms with Gasteiger partial charge in [0.05, 0.1) is 23.6 Å². The Balaban J connectivity index is 1.70. The summed E-state index contributed by atoms with van der Waals surface area (Å²) in [4.78, 5) is 18.1. The van der Waals surface area contributed by atoms with Crippen molar-refractivity contribution in [3.8, 4) is 17.3 Å². The Labute approximate surface area is 221 Å². The van der Waals surface area contributed by atoms with Crippen LogP contribution in [-0.4, -0.2) is 37.0 Å². The summed E-state index contributed by atoms with van der Waals surface area (Å²) in [7, 11) is 0.